The number of nitrogens with zero attached hydrogens (tertiary/aromatic N) is 1. The van der Waals surface area contributed by atoms with Crippen molar-refractivity contribution in [2.45, 2.75) is 20.0 Å². The Morgan fingerprint density at radius 1 is 0.719 bits per heavy atom. The van der Waals surface area contributed by atoms with E-state index in [4.69, 9.17) is 4.74 Å². The summed E-state index contributed by atoms with van der Waals surface area (Å²) >= 11 is 0. The molecule has 0 aliphatic heterocycles. The maximum Gasteiger partial charge on any atom is 0.261 e. The third-order valence-corrected chi connectivity index (χ3v) is 5.38. The van der Waals surface area contributed by atoms with Gasteiger partial charge in [-0.3, -0.25) is 9.59 Å². The maximum atomic E-state index is 13.3. The molecular formula is C28H25NO3. The topological polar surface area (TPSA) is 46.6 Å². The summed E-state index contributed by atoms with van der Waals surface area (Å²) in [4.78, 5) is 27.2. The van der Waals surface area contributed by atoms with Gasteiger partial charge in [0.2, 0.25) is 0 Å². The predicted octanol–water partition coefficient (Wildman–Crippen LogP) is 5.65. The van der Waals surface area contributed by atoms with Crippen LogP contribution in [-0.2, 0) is 17.9 Å². The molecule has 0 saturated carbocycles. The van der Waals surface area contributed by atoms with E-state index in [0.717, 1.165) is 21.9 Å². The number of amides is 1. The first-order valence-corrected chi connectivity index (χ1v) is 10.6. The van der Waals surface area contributed by atoms with Gasteiger partial charge in [-0.25, -0.2) is 0 Å². The van der Waals surface area contributed by atoms with Gasteiger partial charge in [0.15, 0.2) is 12.4 Å². The highest BCUT2D eigenvalue weighted by Crippen LogP contribution is 2.30. The molecular weight excluding hydrogens is 398 g/mol. The number of hydrogen-bond donors (Lipinski definition) is 0. The van der Waals surface area contributed by atoms with E-state index in [1.165, 1.54) is 6.92 Å². The molecule has 4 aromatic rings. The largest absolute Gasteiger partial charge is 0.482 e. The minimum atomic E-state index is -0.145. The first-order chi connectivity index (χ1) is 15.6. The average Bonchev–Trinajstić information content (AvgIpc) is 2.83. The van der Waals surface area contributed by atoms with Gasteiger partial charge in [0.1, 0.15) is 5.75 Å². The molecule has 0 heterocycles. The fourth-order valence-corrected chi connectivity index (χ4v) is 3.74. The molecule has 0 bridgehead atoms. The smallest absolute Gasteiger partial charge is 0.261 e. The second-order valence-electron chi connectivity index (χ2n) is 7.73. The molecule has 32 heavy (non-hydrogen) atoms. The highest BCUT2D eigenvalue weighted by Gasteiger charge is 2.18. The Hall–Kier alpha value is -3.92. The summed E-state index contributed by atoms with van der Waals surface area (Å²) in [6.45, 7) is 2.32. The van der Waals surface area contributed by atoms with Gasteiger partial charge >= 0.3 is 0 Å². The van der Waals surface area contributed by atoms with Crippen LogP contribution in [-0.4, -0.2) is 23.2 Å². The lowest BCUT2D eigenvalue weighted by atomic mass is 10.0. The second-order valence-corrected chi connectivity index (χ2v) is 7.73. The zero-order chi connectivity index (χ0) is 22.3. The van der Waals surface area contributed by atoms with Crippen molar-refractivity contribution in [2.24, 2.45) is 0 Å². The lowest BCUT2D eigenvalue weighted by molar-refractivity contribution is -0.134. The average molecular weight is 424 g/mol. The van der Waals surface area contributed by atoms with Gasteiger partial charge in [-0.05, 0) is 29.5 Å². The van der Waals surface area contributed by atoms with Crippen LogP contribution in [0.1, 0.15) is 28.4 Å². The van der Waals surface area contributed by atoms with Crippen LogP contribution in [0.2, 0.25) is 0 Å². The maximum absolute atomic E-state index is 13.3. The predicted molar refractivity (Wildman–Crippen MR) is 127 cm³/mol. The van der Waals surface area contributed by atoms with E-state index in [-0.39, 0.29) is 18.3 Å². The molecule has 4 rings (SSSR count). The van der Waals surface area contributed by atoms with E-state index >= 15 is 0 Å². The van der Waals surface area contributed by atoms with Crippen LogP contribution in [0.3, 0.4) is 0 Å². The van der Waals surface area contributed by atoms with Crippen LogP contribution < -0.4 is 4.74 Å². The lowest BCUT2D eigenvalue weighted by Gasteiger charge is -2.24. The fraction of sp³-hybridized carbons (Fsp3) is 0.143. The summed E-state index contributed by atoms with van der Waals surface area (Å²) in [5.41, 5.74) is 2.58. The Labute approximate surface area is 188 Å². The van der Waals surface area contributed by atoms with E-state index in [2.05, 4.69) is 0 Å². The molecule has 0 atom stereocenters. The SMILES string of the molecule is CC(=O)c1ccc2ccccc2c1OCC(=O)N(Cc1ccccc1)Cc1ccccc1. The van der Waals surface area contributed by atoms with Crippen LogP contribution in [0.25, 0.3) is 10.8 Å². The van der Waals surface area contributed by atoms with Crippen LogP contribution in [0.5, 0.6) is 5.75 Å². The van der Waals surface area contributed by atoms with Crippen molar-refractivity contribution in [2.75, 3.05) is 6.61 Å². The van der Waals surface area contributed by atoms with Crippen LogP contribution in [0.4, 0.5) is 0 Å². The van der Waals surface area contributed by atoms with E-state index in [1.807, 2.05) is 91.0 Å². The Morgan fingerprint density at radius 3 is 1.88 bits per heavy atom. The van der Waals surface area contributed by atoms with Gasteiger partial charge in [0.05, 0.1) is 5.56 Å². The van der Waals surface area contributed by atoms with Crippen LogP contribution >= 0.6 is 0 Å². The quantitative estimate of drug-likeness (QED) is 0.344. The summed E-state index contributed by atoms with van der Waals surface area (Å²) in [6.07, 6.45) is 0. The highest BCUT2D eigenvalue weighted by molar-refractivity contribution is 6.03. The Morgan fingerprint density at radius 2 is 1.28 bits per heavy atom. The van der Waals surface area contributed by atoms with Gasteiger partial charge < -0.3 is 9.64 Å². The number of ketones is 1. The molecule has 4 nitrogen and oxygen atoms in total. The molecule has 4 heteroatoms. The lowest BCUT2D eigenvalue weighted by Crippen LogP contribution is -2.34. The van der Waals surface area contributed by atoms with Crippen molar-refractivity contribution in [3.63, 3.8) is 0 Å². The van der Waals surface area contributed by atoms with Crippen molar-refractivity contribution < 1.29 is 14.3 Å². The summed E-state index contributed by atoms with van der Waals surface area (Å²) < 4.78 is 6.02. The van der Waals surface area contributed by atoms with Crippen molar-refractivity contribution in [1.29, 1.82) is 0 Å². The number of ether oxygens (including phenoxy) is 1. The first-order valence-electron chi connectivity index (χ1n) is 10.6. The standard InChI is InChI=1S/C28H25NO3/c1-21(30)25-17-16-24-14-8-9-15-26(24)28(25)32-20-27(31)29(18-22-10-4-2-5-11-22)19-23-12-6-3-7-13-23/h2-17H,18-20H2,1H3. The summed E-state index contributed by atoms with van der Waals surface area (Å²) in [5.74, 6) is 0.229. The molecule has 0 fully saturated rings. The van der Waals surface area contributed by atoms with Crippen molar-refractivity contribution in [3.8, 4) is 5.75 Å². The number of benzene rings is 4. The monoisotopic (exact) mass is 423 g/mol. The molecule has 0 radical (unpaired) electrons. The molecule has 0 aliphatic rings. The molecule has 160 valence electrons. The summed E-state index contributed by atoms with van der Waals surface area (Å²) in [6, 6.07) is 31.2. The molecule has 4 aromatic carbocycles. The molecule has 0 unspecified atom stereocenters. The number of Topliss-reactive ketones (excluding diaryl/α,β-unsaturated/α-hetero) is 1. The first kappa shape index (κ1) is 21.3. The van der Waals surface area contributed by atoms with Crippen molar-refractivity contribution in [3.05, 3.63) is 114 Å². The Balaban J connectivity index is 1.58. The normalized spacial score (nSPS) is 10.7. The number of carbonyl (C=O) groups excluding carboxylic acids is 2. The second kappa shape index (κ2) is 9.92. The molecule has 0 spiro atoms. The summed E-state index contributed by atoms with van der Waals surface area (Å²) in [5, 5.41) is 1.79. The van der Waals surface area contributed by atoms with Gasteiger partial charge in [-0.1, -0.05) is 91.0 Å². The van der Waals surface area contributed by atoms with Crippen molar-refractivity contribution >= 4 is 22.5 Å². The van der Waals surface area contributed by atoms with Crippen LogP contribution in [0, 0.1) is 0 Å². The Kier molecular flexibility index (Phi) is 6.61. The minimum absolute atomic E-state index is 0.0939. The van der Waals surface area contributed by atoms with Gasteiger partial charge in [0.25, 0.3) is 5.91 Å². The molecule has 0 aliphatic carbocycles. The Bertz CT molecular complexity index is 1180. The highest BCUT2D eigenvalue weighted by atomic mass is 16.5. The van der Waals surface area contributed by atoms with E-state index in [0.29, 0.717) is 24.4 Å². The zero-order valence-corrected chi connectivity index (χ0v) is 18.0. The van der Waals surface area contributed by atoms with E-state index in [1.54, 1.807) is 11.0 Å². The minimum Gasteiger partial charge on any atom is -0.482 e. The summed E-state index contributed by atoms with van der Waals surface area (Å²) in [7, 11) is 0. The molecule has 0 aromatic heterocycles. The van der Waals surface area contributed by atoms with Gasteiger partial charge in [-0.2, -0.15) is 0 Å². The number of fused-ring (bicyclic) bond motifs is 1. The van der Waals surface area contributed by atoms with Gasteiger partial charge in [0, 0.05) is 18.5 Å². The van der Waals surface area contributed by atoms with Gasteiger partial charge in [-0.15, -0.1) is 0 Å². The fourth-order valence-electron chi connectivity index (χ4n) is 3.74. The number of hydrogen-bond acceptors (Lipinski definition) is 3. The third-order valence-electron chi connectivity index (χ3n) is 5.38. The molecule has 1 amide bonds. The van der Waals surface area contributed by atoms with Crippen LogP contribution in [0.15, 0.2) is 97.1 Å². The third kappa shape index (κ3) is 5.03. The zero-order valence-electron chi connectivity index (χ0n) is 18.0. The van der Waals surface area contributed by atoms with E-state index < -0.39 is 0 Å². The molecule has 0 saturated heterocycles. The van der Waals surface area contributed by atoms with Crippen molar-refractivity contribution in [1.82, 2.24) is 4.90 Å². The number of rotatable bonds is 8. The van der Waals surface area contributed by atoms with E-state index in [9.17, 15) is 9.59 Å². The number of carbonyl (C=O) groups is 2. The molecule has 0 N–H and O–H groups in total.